The highest BCUT2D eigenvalue weighted by atomic mass is 19.1. The Morgan fingerprint density at radius 3 is 2.50 bits per heavy atom. The highest BCUT2D eigenvalue weighted by Crippen LogP contribution is 2.28. The van der Waals surface area contributed by atoms with Gasteiger partial charge in [-0.2, -0.15) is 5.10 Å². The van der Waals surface area contributed by atoms with Gasteiger partial charge in [0.25, 0.3) is 0 Å². The Morgan fingerprint density at radius 1 is 1.30 bits per heavy atom. The van der Waals surface area contributed by atoms with Crippen LogP contribution in [0.1, 0.15) is 31.9 Å². The molecular weight excluding hydrogens is 253 g/mol. The summed E-state index contributed by atoms with van der Waals surface area (Å²) in [4.78, 5) is 0. The minimum atomic E-state index is -0.220. The van der Waals surface area contributed by atoms with Gasteiger partial charge in [0.1, 0.15) is 5.82 Å². The third-order valence-corrected chi connectivity index (χ3v) is 3.98. The van der Waals surface area contributed by atoms with Crippen LogP contribution in [0.15, 0.2) is 36.7 Å². The van der Waals surface area contributed by atoms with E-state index in [0.717, 1.165) is 24.1 Å². The minimum Gasteiger partial charge on any atom is -0.327 e. The zero-order chi connectivity index (χ0) is 14.8. The molecule has 0 saturated carbocycles. The lowest BCUT2D eigenvalue weighted by Crippen LogP contribution is -2.42. The molecule has 1 aromatic carbocycles. The first-order chi connectivity index (χ1) is 9.43. The zero-order valence-electron chi connectivity index (χ0n) is 12.3. The highest BCUT2D eigenvalue weighted by Gasteiger charge is 2.28. The van der Waals surface area contributed by atoms with E-state index in [1.54, 1.807) is 0 Å². The third-order valence-electron chi connectivity index (χ3n) is 3.98. The number of nitrogens with zero attached hydrogens (tertiary/aromatic N) is 2. The van der Waals surface area contributed by atoms with Crippen LogP contribution in [0.2, 0.25) is 0 Å². The van der Waals surface area contributed by atoms with Crippen molar-refractivity contribution in [2.24, 2.45) is 5.73 Å². The van der Waals surface area contributed by atoms with Crippen molar-refractivity contribution in [2.75, 3.05) is 0 Å². The molecular formula is C16H22FN3. The molecule has 4 heteroatoms. The molecule has 2 rings (SSSR count). The van der Waals surface area contributed by atoms with E-state index in [0.29, 0.717) is 0 Å². The van der Waals surface area contributed by atoms with E-state index in [4.69, 9.17) is 5.73 Å². The average molecular weight is 275 g/mol. The van der Waals surface area contributed by atoms with E-state index in [1.165, 1.54) is 12.1 Å². The summed E-state index contributed by atoms with van der Waals surface area (Å²) in [7, 11) is 0. The Hall–Kier alpha value is -1.68. The van der Waals surface area contributed by atoms with Crippen LogP contribution in [0.25, 0.3) is 0 Å². The monoisotopic (exact) mass is 275 g/mol. The molecule has 1 atom stereocenters. The zero-order valence-corrected chi connectivity index (χ0v) is 12.3. The summed E-state index contributed by atoms with van der Waals surface area (Å²) in [6.07, 6.45) is 4.65. The van der Waals surface area contributed by atoms with Crippen molar-refractivity contribution in [2.45, 2.75) is 45.2 Å². The van der Waals surface area contributed by atoms with Crippen molar-refractivity contribution in [1.29, 1.82) is 0 Å². The van der Waals surface area contributed by atoms with Gasteiger partial charge in [-0.3, -0.25) is 4.68 Å². The number of benzene rings is 1. The molecule has 0 aliphatic carbocycles. The first-order valence-electron chi connectivity index (χ1n) is 6.96. The van der Waals surface area contributed by atoms with Crippen LogP contribution in [0.5, 0.6) is 0 Å². The highest BCUT2D eigenvalue weighted by molar-refractivity contribution is 5.27. The summed E-state index contributed by atoms with van der Waals surface area (Å²) < 4.78 is 14.9. The Kier molecular flexibility index (Phi) is 4.23. The lowest BCUT2D eigenvalue weighted by molar-refractivity contribution is 0.405. The molecule has 20 heavy (non-hydrogen) atoms. The molecule has 0 aliphatic rings. The average Bonchev–Trinajstić information content (AvgIpc) is 2.87. The summed E-state index contributed by atoms with van der Waals surface area (Å²) in [6, 6.07) is 6.54. The molecule has 0 fully saturated rings. The van der Waals surface area contributed by atoms with Gasteiger partial charge in [0.05, 0.1) is 6.20 Å². The van der Waals surface area contributed by atoms with E-state index in [1.807, 2.05) is 29.2 Å². The quantitative estimate of drug-likeness (QED) is 0.912. The van der Waals surface area contributed by atoms with E-state index in [-0.39, 0.29) is 17.3 Å². The second-order valence-electron chi connectivity index (χ2n) is 5.74. The lowest BCUT2D eigenvalue weighted by Gasteiger charge is -2.32. The molecule has 1 aromatic heterocycles. The Balaban J connectivity index is 2.13. The Labute approximate surface area is 119 Å². The van der Waals surface area contributed by atoms with E-state index in [9.17, 15) is 4.39 Å². The predicted molar refractivity (Wildman–Crippen MR) is 79.0 cm³/mol. The maximum absolute atomic E-state index is 13.0. The molecule has 0 amide bonds. The van der Waals surface area contributed by atoms with E-state index in [2.05, 4.69) is 25.9 Å². The van der Waals surface area contributed by atoms with Gasteiger partial charge in [-0.25, -0.2) is 4.39 Å². The van der Waals surface area contributed by atoms with Gasteiger partial charge in [0, 0.05) is 24.2 Å². The molecule has 2 N–H and O–H groups in total. The van der Waals surface area contributed by atoms with Crippen LogP contribution in [0, 0.1) is 5.82 Å². The smallest absolute Gasteiger partial charge is 0.123 e. The van der Waals surface area contributed by atoms with Gasteiger partial charge < -0.3 is 5.73 Å². The maximum atomic E-state index is 13.0. The third kappa shape index (κ3) is 3.07. The molecule has 0 spiro atoms. The summed E-state index contributed by atoms with van der Waals surface area (Å²) in [5, 5.41) is 4.27. The summed E-state index contributed by atoms with van der Waals surface area (Å²) in [6.45, 7) is 7.10. The Morgan fingerprint density at radius 2 is 1.95 bits per heavy atom. The van der Waals surface area contributed by atoms with Gasteiger partial charge in [-0.05, 0) is 36.6 Å². The second kappa shape index (κ2) is 5.75. The molecule has 1 heterocycles. The number of hydrogen-bond donors (Lipinski definition) is 1. The van der Waals surface area contributed by atoms with Crippen molar-refractivity contribution in [3.63, 3.8) is 0 Å². The molecule has 0 radical (unpaired) electrons. The molecule has 0 bridgehead atoms. The van der Waals surface area contributed by atoms with Gasteiger partial charge >= 0.3 is 0 Å². The van der Waals surface area contributed by atoms with Crippen LogP contribution >= 0.6 is 0 Å². The SMILES string of the molecule is CCn1cc(CC(N)C(C)(C)c2ccc(F)cc2)cn1. The summed E-state index contributed by atoms with van der Waals surface area (Å²) >= 11 is 0. The number of aromatic nitrogens is 2. The molecule has 3 nitrogen and oxygen atoms in total. The fourth-order valence-corrected chi connectivity index (χ4v) is 2.29. The van der Waals surface area contributed by atoms with Crippen molar-refractivity contribution >= 4 is 0 Å². The largest absolute Gasteiger partial charge is 0.327 e. The van der Waals surface area contributed by atoms with Crippen LogP contribution < -0.4 is 5.73 Å². The van der Waals surface area contributed by atoms with Crippen molar-refractivity contribution in [3.05, 3.63) is 53.6 Å². The number of rotatable bonds is 5. The number of nitrogens with two attached hydrogens (primary N) is 1. The topological polar surface area (TPSA) is 43.8 Å². The van der Waals surface area contributed by atoms with Gasteiger partial charge in [0.2, 0.25) is 0 Å². The maximum Gasteiger partial charge on any atom is 0.123 e. The number of aryl methyl sites for hydroxylation is 1. The normalized spacial score (nSPS) is 13.4. The Bertz CT molecular complexity index is 557. The van der Waals surface area contributed by atoms with Gasteiger partial charge in [0.15, 0.2) is 0 Å². The number of hydrogen-bond acceptors (Lipinski definition) is 2. The van der Waals surface area contributed by atoms with Crippen molar-refractivity contribution in [1.82, 2.24) is 9.78 Å². The minimum absolute atomic E-state index is 0.0533. The second-order valence-corrected chi connectivity index (χ2v) is 5.74. The summed E-state index contributed by atoms with van der Waals surface area (Å²) in [5.74, 6) is -0.220. The summed E-state index contributed by atoms with van der Waals surface area (Å²) in [5.41, 5.74) is 8.34. The molecule has 1 unspecified atom stereocenters. The molecule has 0 aliphatic heterocycles. The molecule has 0 saturated heterocycles. The van der Waals surface area contributed by atoms with E-state index >= 15 is 0 Å². The predicted octanol–water partition coefficient (Wildman–Crippen LogP) is 2.89. The van der Waals surface area contributed by atoms with Crippen molar-refractivity contribution in [3.8, 4) is 0 Å². The van der Waals surface area contributed by atoms with Crippen LogP contribution in [0.4, 0.5) is 4.39 Å². The van der Waals surface area contributed by atoms with Gasteiger partial charge in [-0.1, -0.05) is 26.0 Å². The molecule has 2 aromatic rings. The van der Waals surface area contributed by atoms with Gasteiger partial charge in [-0.15, -0.1) is 0 Å². The van der Waals surface area contributed by atoms with Crippen LogP contribution in [-0.4, -0.2) is 15.8 Å². The van der Waals surface area contributed by atoms with Crippen molar-refractivity contribution < 1.29 is 4.39 Å². The first kappa shape index (κ1) is 14.7. The number of halogens is 1. The van der Waals surface area contributed by atoms with Crippen LogP contribution in [-0.2, 0) is 18.4 Å². The fourth-order valence-electron chi connectivity index (χ4n) is 2.29. The lowest BCUT2D eigenvalue weighted by atomic mass is 9.76. The fraction of sp³-hybridized carbons (Fsp3) is 0.438. The standard InChI is InChI=1S/C16H22FN3/c1-4-20-11-12(10-19-20)9-15(18)16(2,3)13-5-7-14(17)8-6-13/h5-8,10-11,15H,4,9,18H2,1-3H3. The molecule has 108 valence electrons. The van der Waals surface area contributed by atoms with E-state index < -0.39 is 0 Å². The van der Waals surface area contributed by atoms with Crippen LogP contribution in [0.3, 0.4) is 0 Å². The first-order valence-corrected chi connectivity index (χ1v) is 6.96.